The van der Waals surface area contributed by atoms with Gasteiger partial charge < -0.3 is 5.11 Å². The van der Waals surface area contributed by atoms with Crippen LogP contribution in [0.25, 0.3) is 0 Å². The summed E-state index contributed by atoms with van der Waals surface area (Å²) >= 11 is 0. The molecule has 0 amide bonds. The predicted octanol–water partition coefficient (Wildman–Crippen LogP) is 0.837. The number of aliphatic hydroxyl groups is 1. The summed E-state index contributed by atoms with van der Waals surface area (Å²) in [5, 5.41) is 8.81. The standard InChI is InChI=1S/C11H14NO/c13-8-7-12-6-5-10-3-1-2-4-11(10)9-12/h1-3,13H,5-9H2. The molecule has 0 saturated heterocycles. The summed E-state index contributed by atoms with van der Waals surface area (Å²) < 4.78 is 0. The number of aliphatic hydroxyl groups excluding tert-OH is 1. The molecule has 1 aliphatic rings. The van der Waals surface area contributed by atoms with Crippen LogP contribution in [0.2, 0.25) is 0 Å². The van der Waals surface area contributed by atoms with Crippen molar-refractivity contribution in [1.29, 1.82) is 0 Å². The van der Waals surface area contributed by atoms with E-state index in [0.717, 1.165) is 26.1 Å². The van der Waals surface area contributed by atoms with E-state index >= 15 is 0 Å². The molecule has 1 aromatic carbocycles. The highest BCUT2D eigenvalue weighted by Crippen LogP contribution is 2.17. The van der Waals surface area contributed by atoms with Gasteiger partial charge in [-0.05, 0) is 23.6 Å². The lowest BCUT2D eigenvalue weighted by atomic mass is 10.0. The SMILES string of the molecule is OCCN1CCc2ccc[c]c2C1. The fraction of sp³-hybridized carbons (Fsp3) is 0.455. The number of fused-ring (bicyclic) bond motifs is 1. The van der Waals surface area contributed by atoms with Crippen molar-refractivity contribution in [1.82, 2.24) is 4.90 Å². The molecule has 1 aliphatic heterocycles. The Balaban J connectivity index is 2.11. The van der Waals surface area contributed by atoms with Crippen molar-refractivity contribution in [2.24, 2.45) is 0 Å². The molecule has 0 spiro atoms. The van der Waals surface area contributed by atoms with E-state index in [0.29, 0.717) is 0 Å². The maximum Gasteiger partial charge on any atom is 0.0558 e. The van der Waals surface area contributed by atoms with Crippen molar-refractivity contribution in [3.8, 4) is 0 Å². The fourth-order valence-electron chi connectivity index (χ4n) is 1.80. The second-order valence-corrected chi connectivity index (χ2v) is 3.42. The van der Waals surface area contributed by atoms with E-state index in [4.69, 9.17) is 5.11 Å². The molecule has 13 heavy (non-hydrogen) atoms. The van der Waals surface area contributed by atoms with Gasteiger partial charge in [-0.25, -0.2) is 0 Å². The zero-order valence-electron chi connectivity index (χ0n) is 7.66. The molecular weight excluding hydrogens is 162 g/mol. The van der Waals surface area contributed by atoms with Crippen LogP contribution in [0.1, 0.15) is 11.1 Å². The maximum atomic E-state index is 8.81. The summed E-state index contributed by atoms with van der Waals surface area (Å²) in [4.78, 5) is 2.26. The third kappa shape index (κ3) is 1.90. The average Bonchev–Trinajstić information content (AvgIpc) is 2.18. The number of hydrogen-bond donors (Lipinski definition) is 1. The molecule has 0 fully saturated rings. The van der Waals surface area contributed by atoms with Gasteiger partial charge in [0, 0.05) is 19.6 Å². The Bertz CT molecular complexity index is 285. The van der Waals surface area contributed by atoms with Crippen molar-refractivity contribution < 1.29 is 5.11 Å². The number of nitrogens with zero attached hydrogens (tertiary/aromatic N) is 1. The largest absolute Gasteiger partial charge is 0.395 e. The Morgan fingerprint density at radius 1 is 1.54 bits per heavy atom. The van der Waals surface area contributed by atoms with Gasteiger partial charge in [0.05, 0.1) is 6.61 Å². The summed E-state index contributed by atoms with van der Waals surface area (Å²) in [5.74, 6) is 0. The minimum atomic E-state index is 0.252. The second-order valence-electron chi connectivity index (χ2n) is 3.42. The lowest BCUT2D eigenvalue weighted by molar-refractivity contribution is 0.184. The summed E-state index contributed by atoms with van der Waals surface area (Å²) in [6.07, 6.45) is 1.09. The molecule has 0 aliphatic carbocycles. The third-order valence-electron chi connectivity index (χ3n) is 2.53. The molecule has 2 rings (SSSR count). The molecule has 0 unspecified atom stereocenters. The average molecular weight is 176 g/mol. The zero-order chi connectivity index (χ0) is 9.10. The number of β-amino-alcohol motifs (C(OH)–C–C–N with tert-alkyl or cyclic N) is 1. The van der Waals surface area contributed by atoms with Crippen LogP contribution in [0.15, 0.2) is 18.2 Å². The quantitative estimate of drug-likeness (QED) is 0.721. The fourth-order valence-corrected chi connectivity index (χ4v) is 1.80. The van der Waals surface area contributed by atoms with E-state index in [1.54, 1.807) is 0 Å². The van der Waals surface area contributed by atoms with Crippen LogP contribution in [0.3, 0.4) is 0 Å². The van der Waals surface area contributed by atoms with Gasteiger partial charge in [-0.15, -0.1) is 0 Å². The normalized spacial score (nSPS) is 17.0. The summed E-state index contributed by atoms with van der Waals surface area (Å²) in [5.41, 5.74) is 2.71. The van der Waals surface area contributed by atoms with Crippen molar-refractivity contribution in [2.75, 3.05) is 19.7 Å². The van der Waals surface area contributed by atoms with Gasteiger partial charge in [0.15, 0.2) is 0 Å². The van der Waals surface area contributed by atoms with E-state index < -0.39 is 0 Å². The first-order valence-electron chi connectivity index (χ1n) is 4.72. The molecule has 2 heteroatoms. The molecule has 0 atom stereocenters. The molecule has 1 heterocycles. The summed E-state index contributed by atoms with van der Waals surface area (Å²) in [6, 6.07) is 9.42. The van der Waals surface area contributed by atoms with E-state index in [9.17, 15) is 0 Å². The molecule has 0 aromatic heterocycles. The van der Waals surface area contributed by atoms with Gasteiger partial charge in [0.1, 0.15) is 0 Å². The molecule has 1 aromatic rings. The summed E-state index contributed by atoms with van der Waals surface area (Å²) in [6.45, 7) is 3.03. The number of hydrogen-bond acceptors (Lipinski definition) is 2. The van der Waals surface area contributed by atoms with Crippen LogP contribution in [-0.4, -0.2) is 29.7 Å². The molecule has 69 valence electrons. The van der Waals surface area contributed by atoms with Gasteiger partial charge in [0.25, 0.3) is 0 Å². The lowest BCUT2D eigenvalue weighted by Gasteiger charge is -2.27. The molecule has 0 bridgehead atoms. The van der Waals surface area contributed by atoms with E-state index in [1.165, 1.54) is 11.1 Å². The highest BCUT2D eigenvalue weighted by atomic mass is 16.3. The van der Waals surface area contributed by atoms with Crippen LogP contribution >= 0.6 is 0 Å². The minimum absolute atomic E-state index is 0.252. The number of benzene rings is 1. The smallest absolute Gasteiger partial charge is 0.0558 e. The van der Waals surface area contributed by atoms with Crippen LogP contribution in [0.5, 0.6) is 0 Å². The highest BCUT2D eigenvalue weighted by Gasteiger charge is 2.14. The van der Waals surface area contributed by atoms with Gasteiger partial charge in [0.2, 0.25) is 0 Å². The topological polar surface area (TPSA) is 23.5 Å². The first kappa shape index (κ1) is 8.73. The first-order valence-corrected chi connectivity index (χ1v) is 4.72. The minimum Gasteiger partial charge on any atom is -0.395 e. The van der Waals surface area contributed by atoms with Crippen molar-refractivity contribution in [3.05, 3.63) is 35.4 Å². The Morgan fingerprint density at radius 2 is 2.46 bits per heavy atom. The summed E-state index contributed by atoms with van der Waals surface area (Å²) in [7, 11) is 0. The van der Waals surface area contributed by atoms with Gasteiger partial charge in [-0.2, -0.15) is 0 Å². The maximum absolute atomic E-state index is 8.81. The Kier molecular flexibility index (Phi) is 2.62. The third-order valence-corrected chi connectivity index (χ3v) is 2.53. The molecule has 1 radical (unpaired) electrons. The van der Waals surface area contributed by atoms with Crippen molar-refractivity contribution in [3.63, 3.8) is 0 Å². The predicted molar refractivity (Wildman–Crippen MR) is 51.3 cm³/mol. The van der Waals surface area contributed by atoms with Crippen LogP contribution < -0.4 is 0 Å². The Labute approximate surface area is 78.8 Å². The van der Waals surface area contributed by atoms with Crippen LogP contribution in [0.4, 0.5) is 0 Å². The Hall–Kier alpha value is -0.860. The molecule has 1 N–H and O–H groups in total. The number of rotatable bonds is 2. The first-order chi connectivity index (χ1) is 6.40. The van der Waals surface area contributed by atoms with Gasteiger partial charge >= 0.3 is 0 Å². The van der Waals surface area contributed by atoms with Crippen LogP contribution in [0, 0.1) is 6.07 Å². The monoisotopic (exact) mass is 176 g/mol. The molecule has 0 saturated carbocycles. The molecule has 2 nitrogen and oxygen atoms in total. The van der Waals surface area contributed by atoms with E-state index in [-0.39, 0.29) is 6.61 Å². The Morgan fingerprint density at radius 3 is 3.31 bits per heavy atom. The molecular formula is C11H14NO. The van der Waals surface area contributed by atoms with Crippen molar-refractivity contribution >= 4 is 0 Å². The van der Waals surface area contributed by atoms with Crippen molar-refractivity contribution in [2.45, 2.75) is 13.0 Å². The van der Waals surface area contributed by atoms with Gasteiger partial charge in [-0.3, -0.25) is 4.90 Å². The lowest BCUT2D eigenvalue weighted by Crippen LogP contribution is -2.32. The van der Waals surface area contributed by atoms with Crippen LogP contribution in [-0.2, 0) is 13.0 Å². The highest BCUT2D eigenvalue weighted by molar-refractivity contribution is 5.27. The van der Waals surface area contributed by atoms with Gasteiger partial charge in [-0.1, -0.05) is 18.2 Å². The second kappa shape index (κ2) is 3.90. The van der Waals surface area contributed by atoms with E-state index in [2.05, 4.69) is 17.0 Å². The zero-order valence-corrected chi connectivity index (χ0v) is 7.66. The van der Waals surface area contributed by atoms with E-state index in [1.807, 2.05) is 12.1 Å².